The molecule has 24 heavy (non-hydrogen) atoms. The van der Waals surface area contributed by atoms with E-state index >= 15 is 0 Å². The molecular formula is C21H30N2O. The number of nitrogens with zero attached hydrogens (tertiary/aromatic N) is 2. The van der Waals surface area contributed by atoms with Gasteiger partial charge < -0.3 is 9.47 Å². The fraction of sp³-hybridized carbons (Fsp3) is 0.476. The lowest BCUT2D eigenvalue weighted by molar-refractivity contribution is -0.133. The van der Waals surface area contributed by atoms with E-state index in [0.717, 1.165) is 19.4 Å². The summed E-state index contributed by atoms with van der Waals surface area (Å²) in [5.41, 5.74) is 3.75. The van der Waals surface area contributed by atoms with Crippen LogP contribution in [0.25, 0.3) is 0 Å². The summed E-state index contributed by atoms with van der Waals surface area (Å²) >= 11 is 0. The van der Waals surface area contributed by atoms with E-state index in [1.165, 1.54) is 16.8 Å². The average molecular weight is 326 g/mol. The van der Waals surface area contributed by atoms with E-state index in [-0.39, 0.29) is 11.9 Å². The van der Waals surface area contributed by atoms with Crippen LogP contribution in [0.2, 0.25) is 0 Å². The molecule has 0 N–H and O–H groups in total. The molecule has 0 aliphatic rings. The van der Waals surface area contributed by atoms with Gasteiger partial charge in [-0.3, -0.25) is 4.79 Å². The van der Waals surface area contributed by atoms with Crippen LogP contribution < -0.4 is 0 Å². The zero-order chi connectivity index (χ0) is 17.5. The zero-order valence-corrected chi connectivity index (χ0v) is 15.5. The second-order valence-corrected chi connectivity index (χ2v) is 6.83. The molecule has 0 unspecified atom stereocenters. The van der Waals surface area contributed by atoms with Crippen LogP contribution >= 0.6 is 0 Å². The highest BCUT2D eigenvalue weighted by Crippen LogP contribution is 2.15. The summed E-state index contributed by atoms with van der Waals surface area (Å²) in [6.45, 7) is 9.94. The van der Waals surface area contributed by atoms with Crippen molar-refractivity contribution in [2.75, 3.05) is 0 Å². The Labute approximate surface area is 146 Å². The second kappa shape index (κ2) is 8.72. The van der Waals surface area contributed by atoms with Crippen LogP contribution in [0, 0.1) is 6.92 Å². The van der Waals surface area contributed by atoms with Crippen molar-refractivity contribution in [2.24, 2.45) is 0 Å². The molecule has 2 aromatic rings. The Morgan fingerprint density at radius 2 is 1.88 bits per heavy atom. The van der Waals surface area contributed by atoms with E-state index < -0.39 is 0 Å². The smallest absolute Gasteiger partial charge is 0.223 e. The van der Waals surface area contributed by atoms with E-state index in [4.69, 9.17) is 0 Å². The summed E-state index contributed by atoms with van der Waals surface area (Å²) in [5, 5.41) is 0. The molecule has 3 heteroatoms. The third-order valence-electron chi connectivity index (χ3n) is 4.42. The SMILES string of the molecule is CCCCC(=O)N(Cc1cccn1Cc1ccc(C)cc1)C(C)C. The predicted molar refractivity (Wildman–Crippen MR) is 99.9 cm³/mol. The van der Waals surface area contributed by atoms with Gasteiger partial charge in [-0.2, -0.15) is 0 Å². The highest BCUT2D eigenvalue weighted by atomic mass is 16.2. The molecule has 1 aromatic carbocycles. The maximum atomic E-state index is 12.5. The van der Waals surface area contributed by atoms with Gasteiger partial charge in [0.25, 0.3) is 0 Å². The molecule has 0 aliphatic heterocycles. The predicted octanol–water partition coefficient (Wildman–Crippen LogP) is 4.77. The van der Waals surface area contributed by atoms with E-state index in [0.29, 0.717) is 13.0 Å². The van der Waals surface area contributed by atoms with Crippen molar-refractivity contribution in [3.8, 4) is 0 Å². The first-order valence-corrected chi connectivity index (χ1v) is 9.00. The first-order chi connectivity index (χ1) is 11.5. The van der Waals surface area contributed by atoms with Crippen LogP contribution in [-0.2, 0) is 17.9 Å². The standard InChI is InChI=1S/C21H30N2O/c1-5-6-9-21(24)23(17(2)3)16-20-8-7-14-22(20)15-19-12-10-18(4)11-13-19/h7-8,10-14,17H,5-6,9,15-16H2,1-4H3. The lowest BCUT2D eigenvalue weighted by Gasteiger charge is -2.27. The van der Waals surface area contributed by atoms with Crippen LogP contribution in [-0.4, -0.2) is 21.4 Å². The van der Waals surface area contributed by atoms with Gasteiger partial charge in [-0.15, -0.1) is 0 Å². The number of hydrogen-bond acceptors (Lipinski definition) is 1. The lowest BCUT2D eigenvalue weighted by Crippen LogP contribution is -2.36. The van der Waals surface area contributed by atoms with Gasteiger partial charge in [0.15, 0.2) is 0 Å². The van der Waals surface area contributed by atoms with Gasteiger partial charge in [0.1, 0.15) is 0 Å². The summed E-state index contributed by atoms with van der Waals surface area (Å²) in [4.78, 5) is 14.5. The lowest BCUT2D eigenvalue weighted by atomic mass is 10.1. The summed E-state index contributed by atoms with van der Waals surface area (Å²) in [5.74, 6) is 0.259. The molecule has 1 amide bonds. The number of aromatic nitrogens is 1. The molecule has 0 aliphatic carbocycles. The molecule has 2 rings (SSSR count). The maximum Gasteiger partial charge on any atom is 0.223 e. The largest absolute Gasteiger partial charge is 0.345 e. The van der Waals surface area contributed by atoms with Gasteiger partial charge in [-0.25, -0.2) is 0 Å². The van der Waals surface area contributed by atoms with Gasteiger partial charge in [0.2, 0.25) is 5.91 Å². The molecule has 1 aromatic heterocycles. The minimum absolute atomic E-state index is 0.220. The Bertz CT molecular complexity index is 640. The monoisotopic (exact) mass is 326 g/mol. The van der Waals surface area contributed by atoms with Crippen LogP contribution in [0.5, 0.6) is 0 Å². The van der Waals surface area contributed by atoms with E-state index in [1.54, 1.807) is 0 Å². The van der Waals surface area contributed by atoms with Crippen molar-refractivity contribution in [3.63, 3.8) is 0 Å². The van der Waals surface area contributed by atoms with Crippen molar-refractivity contribution in [1.82, 2.24) is 9.47 Å². The number of hydrogen-bond donors (Lipinski definition) is 0. The molecule has 0 radical (unpaired) electrons. The average Bonchev–Trinajstić information content (AvgIpc) is 2.99. The van der Waals surface area contributed by atoms with Crippen molar-refractivity contribution in [2.45, 2.75) is 66.1 Å². The maximum absolute atomic E-state index is 12.5. The number of amides is 1. The Hall–Kier alpha value is -2.03. The fourth-order valence-corrected chi connectivity index (χ4v) is 2.84. The molecule has 3 nitrogen and oxygen atoms in total. The Balaban J connectivity index is 2.09. The molecule has 0 atom stereocenters. The quantitative estimate of drug-likeness (QED) is 0.686. The van der Waals surface area contributed by atoms with Crippen molar-refractivity contribution in [1.29, 1.82) is 0 Å². The van der Waals surface area contributed by atoms with Crippen LogP contribution in [0.1, 0.15) is 56.9 Å². The number of carbonyl (C=O) groups excluding carboxylic acids is 1. The molecule has 0 spiro atoms. The Morgan fingerprint density at radius 1 is 1.17 bits per heavy atom. The van der Waals surface area contributed by atoms with E-state index in [9.17, 15) is 4.79 Å². The minimum Gasteiger partial charge on any atom is -0.345 e. The van der Waals surface area contributed by atoms with E-state index in [2.05, 4.69) is 74.9 Å². The zero-order valence-electron chi connectivity index (χ0n) is 15.5. The Kier molecular flexibility index (Phi) is 6.65. The van der Waals surface area contributed by atoms with E-state index in [1.807, 2.05) is 4.90 Å². The van der Waals surface area contributed by atoms with Crippen molar-refractivity contribution < 1.29 is 4.79 Å². The highest BCUT2D eigenvalue weighted by molar-refractivity contribution is 5.76. The summed E-state index contributed by atoms with van der Waals surface area (Å²) in [6, 6.07) is 13.0. The van der Waals surface area contributed by atoms with Crippen LogP contribution in [0.3, 0.4) is 0 Å². The number of rotatable bonds is 8. The van der Waals surface area contributed by atoms with Gasteiger partial charge in [-0.05, 0) is 44.9 Å². The van der Waals surface area contributed by atoms with Crippen molar-refractivity contribution >= 4 is 5.91 Å². The number of carbonyl (C=O) groups is 1. The van der Waals surface area contributed by atoms with Crippen molar-refractivity contribution in [3.05, 3.63) is 59.4 Å². The molecule has 130 valence electrons. The summed E-state index contributed by atoms with van der Waals surface area (Å²) in [7, 11) is 0. The van der Waals surface area contributed by atoms with Crippen LogP contribution in [0.15, 0.2) is 42.6 Å². The fourth-order valence-electron chi connectivity index (χ4n) is 2.84. The Morgan fingerprint density at radius 3 is 2.50 bits per heavy atom. The van der Waals surface area contributed by atoms with Gasteiger partial charge in [0, 0.05) is 30.9 Å². The highest BCUT2D eigenvalue weighted by Gasteiger charge is 2.18. The first kappa shape index (κ1) is 18.3. The molecule has 0 fully saturated rings. The van der Waals surface area contributed by atoms with Gasteiger partial charge in [0.05, 0.1) is 6.54 Å². The first-order valence-electron chi connectivity index (χ1n) is 9.00. The third-order valence-corrected chi connectivity index (χ3v) is 4.42. The van der Waals surface area contributed by atoms with Crippen LogP contribution in [0.4, 0.5) is 0 Å². The third kappa shape index (κ3) is 4.98. The minimum atomic E-state index is 0.220. The van der Waals surface area contributed by atoms with Gasteiger partial charge in [-0.1, -0.05) is 43.2 Å². The number of aryl methyl sites for hydroxylation is 1. The summed E-state index contributed by atoms with van der Waals surface area (Å²) < 4.78 is 2.24. The normalized spacial score (nSPS) is 11.0. The molecule has 0 bridgehead atoms. The molecular weight excluding hydrogens is 296 g/mol. The summed E-state index contributed by atoms with van der Waals surface area (Å²) in [6.07, 6.45) is 4.77. The molecule has 1 heterocycles. The topological polar surface area (TPSA) is 25.2 Å². The molecule has 0 saturated carbocycles. The molecule has 0 saturated heterocycles. The second-order valence-electron chi connectivity index (χ2n) is 6.83. The number of unbranched alkanes of at least 4 members (excludes halogenated alkanes) is 1. The number of benzene rings is 1. The van der Waals surface area contributed by atoms with Gasteiger partial charge >= 0.3 is 0 Å².